The van der Waals surface area contributed by atoms with Gasteiger partial charge in [-0.25, -0.2) is 9.78 Å². The molecule has 0 aliphatic rings. The highest BCUT2D eigenvalue weighted by Gasteiger charge is 2.29. The van der Waals surface area contributed by atoms with Gasteiger partial charge in [-0.05, 0) is 11.8 Å². The lowest BCUT2D eigenvalue weighted by atomic mass is 10.0. The van der Waals surface area contributed by atoms with E-state index in [0.717, 1.165) is 0 Å². The number of rotatable bonds is 11. The number of carbonyl (C=O) groups is 2. The summed E-state index contributed by atoms with van der Waals surface area (Å²) in [5, 5.41) is 12.2. The fourth-order valence-electron chi connectivity index (χ4n) is 2.72. The van der Waals surface area contributed by atoms with Crippen molar-refractivity contribution in [2.75, 3.05) is 18.9 Å². The Labute approximate surface area is 184 Å². The van der Waals surface area contributed by atoms with E-state index >= 15 is 0 Å². The minimum Gasteiger partial charge on any atom is -0.461 e. The molecule has 0 radical (unpaired) electrons. The van der Waals surface area contributed by atoms with Crippen LogP contribution >= 0.6 is 0 Å². The van der Waals surface area contributed by atoms with Crippen molar-refractivity contribution in [3.05, 3.63) is 16.7 Å². The van der Waals surface area contributed by atoms with Crippen molar-refractivity contribution >= 4 is 29.0 Å². The summed E-state index contributed by atoms with van der Waals surface area (Å²) in [5.41, 5.74) is 11.2. The lowest BCUT2D eigenvalue weighted by Crippen LogP contribution is -2.52. The van der Waals surface area contributed by atoms with Crippen LogP contribution < -0.4 is 22.3 Å². The van der Waals surface area contributed by atoms with Crippen molar-refractivity contribution in [1.82, 2.24) is 24.8 Å². The van der Waals surface area contributed by atoms with Crippen molar-refractivity contribution in [2.45, 2.75) is 52.6 Å². The van der Waals surface area contributed by atoms with E-state index in [-0.39, 0.29) is 42.3 Å². The summed E-state index contributed by atoms with van der Waals surface area (Å²) in [5.74, 6) is -1.52. The van der Waals surface area contributed by atoms with Crippen LogP contribution in [0.3, 0.4) is 0 Å². The van der Waals surface area contributed by atoms with Gasteiger partial charge in [0.15, 0.2) is 11.2 Å². The summed E-state index contributed by atoms with van der Waals surface area (Å²) in [6.45, 7) is 6.32. The highest BCUT2D eigenvalue weighted by molar-refractivity contribution is 5.87. The third-order valence-electron chi connectivity index (χ3n) is 4.80. The van der Waals surface area contributed by atoms with Crippen LogP contribution in [0.4, 0.5) is 5.95 Å². The molecule has 32 heavy (non-hydrogen) atoms. The molecule has 0 aliphatic heterocycles. The lowest BCUT2D eigenvalue weighted by molar-refractivity contribution is -0.155. The van der Waals surface area contributed by atoms with Crippen molar-refractivity contribution in [3.63, 3.8) is 0 Å². The fourth-order valence-corrected chi connectivity index (χ4v) is 2.72. The van der Waals surface area contributed by atoms with E-state index < -0.39 is 42.2 Å². The van der Waals surface area contributed by atoms with Gasteiger partial charge in [0.2, 0.25) is 11.9 Å². The van der Waals surface area contributed by atoms with Gasteiger partial charge in [0.25, 0.3) is 5.56 Å². The SMILES string of the molecule is CC(C)[C@H](N)C(=O)N[C@@H](C(=O)OCC(CO)OCn1cnc2c(=O)[nH]c(N)nc21)C(C)C. The van der Waals surface area contributed by atoms with Gasteiger partial charge in [-0.2, -0.15) is 4.98 Å². The Hall–Kier alpha value is -3.03. The third-order valence-corrected chi connectivity index (χ3v) is 4.80. The molecule has 178 valence electrons. The number of anilines is 1. The molecular formula is C19H31N7O6. The molecule has 1 amide bonds. The van der Waals surface area contributed by atoms with Crippen molar-refractivity contribution in [2.24, 2.45) is 17.6 Å². The van der Waals surface area contributed by atoms with E-state index in [9.17, 15) is 19.5 Å². The Morgan fingerprint density at radius 3 is 2.56 bits per heavy atom. The van der Waals surface area contributed by atoms with Crippen LogP contribution in [-0.4, -0.2) is 67.9 Å². The molecule has 0 fully saturated rings. The highest BCUT2D eigenvalue weighted by Crippen LogP contribution is 2.09. The molecule has 0 aliphatic carbocycles. The molecule has 0 aromatic carbocycles. The summed E-state index contributed by atoms with van der Waals surface area (Å²) < 4.78 is 12.2. The van der Waals surface area contributed by atoms with Crippen LogP contribution in [0, 0.1) is 11.8 Å². The maximum Gasteiger partial charge on any atom is 0.328 e. The number of amides is 1. The minimum atomic E-state index is -0.900. The second kappa shape index (κ2) is 11.0. The molecule has 0 bridgehead atoms. The number of aliphatic hydroxyl groups excluding tert-OH is 1. The molecule has 1 unspecified atom stereocenters. The van der Waals surface area contributed by atoms with Gasteiger partial charge >= 0.3 is 5.97 Å². The van der Waals surface area contributed by atoms with E-state index in [0.29, 0.717) is 0 Å². The minimum absolute atomic E-state index is 0.0733. The second-order valence-electron chi connectivity index (χ2n) is 8.07. The van der Waals surface area contributed by atoms with E-state index in [2.05, 4.69) is 20.3 Å². The Morgan fingerprint density at radius 1 is 1.28 bits per heavy atom. The van der Waals surface area contributed by atoms with Crippen LogP contribution in [0.5, 0.6) is 0 Å². The molecule has 13 heteroatoms. The second-order valence-corrected chi connectivity index (χ2v) is 8.07. The Kier molecular flexibility index (Phi) is 8.69. The summed E-state index contributed by atoms with van der Waals surface area (Å²) >= 11 is 0. The fraction of sp³-hybridized carbons (Fsp3) is 0.632. The van der Waals surface area contributed by atoms with Gasteiger partial charge in [-0.15, -0.1) is 0 Å². The number of aromatic nitrogens is 4. The van der Waals surface area contributed by atoms with E-state index in [1.54, 1.807) is 27.7 Å². The van der Waals surface area contributed by atoms with E-state index in [4.69, 9.17) is 20.9 Å². The van der Waals surface area contributed by atoms with E-state index in [1.165, 1.54) is 10.9 Å². The number of H-pyrrole nitrogens is 1. The number of hydrogen-bond donors (Lipinski definition) is 5. The Balaban J connectivity index is 1.96. The van der Waals surface area contributed by atoms with Crippen molar-refractivity contribution in [3.8, 4) is 0 Å². The molecule has 2 rings (SSSR count). The number of imidazole rings is 1. The average Bonchev–Trinajstić information content (AvgIpc) is 3.13. The zero-order valence-electron chi connectivity index (χ0n) is 18.6. The molecule has 3 atom stereocenters. The maximum atomic E-state index is 12.5. The first-order chi connectivity index (χ1) is 15.0. The molecule has 2 aromatic heterocycles. The topological polar surface area (TPSA) is 200 Å². The largest absolute Gasteiger partial charge is 0.461 e. The number of nitrogens with zero attached hydrogens (tertiary/aromatic N) is 3. The van der Waals surface area contributed by atoms with Crippen LogP contribution in [0.1, 0.15) is 27.7 Å². The summed E-state index contributed by atoms with van der Waals surface area (Å²) in [4.78, 5) is 46.9. The molecule has 0 saturated carbocycles. The monoisotopic (exact) mass is 453 g/mol. The lowest BCUT2D eigenvalue weighted by Gasteiger charge is -2.25. The van der Waals surface area contributed by atoms with Gasteiger partial charge in [-0.1, -0.05) is 27.7 Å². The number of esters is 1. The number of nitrogen functional groups attached to an aromatic ring is 1. The van der Waals surface area contributed by atoms with Crippen LogP contribution in [0.15, 0.2) is 11.1 Å². The van der Waals surface area contributed by atoms with Crippen molar-refractivity contribution < 1.29 is 24.2 Å². The molecular weight excluding hydrogens is 422 g/mol. The van der Waals surface area contributed by atoms with E-state index in [1.807, 2.05) is 0 Å². The molecule has 0 spiro atoms. The quantitative estimate of drug-likeness (QED) is 0.255. The normalized spacial score (nSPS) is 14.5. The number of fused-ring (bicyclic) bond motifs is 1. The predicted molar refractivity (Wildman–Crippen MR) is 115 cm³/mol. The third kappa shape index (κ3) is 6.24. The first-order valence-corrected chi connectivity index (χ1v) is 10.2. The Morgan fingerprint density at radius 2 is 1.97 bits per heavy atom. The number of ether oxygens (including phenoxy) is 2. The summed E-state index contributed by atoms with van der Waals surface area (Å²) in [6.07, 6.45) is 0.479. The molecule has 2 heterocycles. The zero-order chi connectivity index (χ0) is 24.0. The van der Waals surface area contributed by atoms with Gasteiger partial charge in [0.1, 0.15) is 25.5 Å². The molecule has 2 aromatic rings. The standard InChI is InChI=1S/C19H31N7O6/c1-9(2)12(20)16(28)23-13(10(3)4)18(30)31-6-11(5-27)32-8-26-7-22-14-15(26)24-19(21)25-17(14)29/h7,9-13,27H,5-6,8,20H2,1-4H3,(H,23,28)(H3,21,24,25,29)/t11?,12-,13+/m0/s1. The molecule has 0 saturated heterocycles. The summed E-state index contributed by atoms with van der Waals surface area (Å²) in [7, 11) is 0. The highest BCUT2D eigenvalue weighted by atomic mass is 16.6. The van der Waals surface area contributed by atoms with Gasteiger partial charge < -0.3 is 31.4 Å². The van der Waals surface area contributed by atoms with Crippen molar-refractivity contribution in [1.29, 1.82) is 0 Å². The number of aliphatic hydroxyl groups is 1. The maximum absolute atomic E-state index is 12.5. The predicted octanol–water partition coefficient (Wildman–Crippen LogP) is -1.30. The first kappa shape index (κ1) is 25.2. The zero-order valence-corrected chi connectivity index (χ0v) is 18.6. The number of aromatic amines is 1. The van der Waals surface area contributed by atoms with Crippen LogP contribution in [-0.2, 0) is 25.8 Å². The van der Waals surface area contributed by atoms with Gasteiger partial charge in [-0.3, -0.25) is 19.1 Å². The average molecular weight is 454 g/mol. The number of nitrogens with one attached hydrogen (secondary N) is 2. The van der Waals surface area contributed by atoms with Gasteiger partial charge in [0.05, 0.1) is 19.0 Å². The smallest absolute Gasteiger partial charge is 0.328 e. The molecule has 7 N–H and O–H groups in total. The number of nitrogens with two attached hydrogens (primary N) is 2. The number of carbonyl (C=O) groups excluding carboxylic acids is 2. The Bertz CT molecular complexity index is 986. The van der Waals surface area contributed by atoms with Crippen LogP contribution in [0.25, 0.3) is 11.2 Å². The first-order valence-electron chi connectivity index (χ1n) is 10.2. The van der Waals surface area contributed by atoms with Crippen LogP contribution in [0.2, 0.25) is 0 Å². The number of hydrogen-bond acceptors (Lipinski definition) is 10. The molecule has 13 nitrogen and oxygen atoms in total. The summed E-state index contributed by atoms with van der Waals surface area (Å²) in [6, 6.07) is -1.65. The van der Waals surface area contributed by atoms with Gasteiger partial charge in [0, 0.05) is 0 Å².